The largest absolute Gasteiger partial charge is 0.469 e. The number of allylic oxidation sites excluding steroid dienone is 1. The first-order valence-electron chi connectivity index (χ1n) is 10.4. The van der Waals surface area contributed by atoms with Crippen LogP contribution in [0.25, 0.3) is 10.9 Å². The van der Waals surface area contributed by atoms with Crippen LogP contribution in [0.3, 0.4) is 0 Å². The number of ether oxygens (including phenoxy) is 1. The van der Waals surface area contributed by atoms with E-state index in [1.54, 1.807) is 0 Å². The van der Waals surface area contributed by atoms with Crippen LogP contribution >= 0.6 is 11.8 Å². The summed E-state index contributed by atoms with van der Waals surface area (Å²) < 4.78 is 5.31. The molecule has 0 saturated carbocycles. The highest BCUT2D eigenvalue weighted by atomic mass is 32.2. The molecular formula is C23H31N3O2S. The Kier molecular flexibility index (Phi) is 6.04. The van der Waals surface area contributed by atoms with E-state index < -0.39 is 0 Å². The Morgan fingerprint density at radius 3 is 2.93 bits per heavy atom. The van der Waals surface area contributed by atoms with Crippen molar-refractivity contribution < 1.29 is 9.53 Å². The molecule has 4 unspecified atom stereocenters. The number of hydrogen-bond donors (Lipinski definition) is 2. The molecule has 1 aliphatic heterocycles. The Balaban J connectivity index is 1.88. The van der Waals surface area contributed by atoms with Crippen molar-refractivity contribution in [3.8, 4) is 0 Å². The SMILES string of the molecule is CC=C1CN(C)C2Cc3c([nH]c4ccccc34)C(SCCN)CC1C2C(=O)OC. The van der Waals surface area contributed by atoms with Gasteiger partial charge >= 0.3 is 5.97 Å². The van der Waals surface area contributed by atoms with Crippen molar-refractivity contribution in [3.05, 3.63) is 47.2 Å². The minimum atomic E-state index is -0.146. The molecule has 156 valence electrons. The number of piperidine rings is 1. The molecule has 2 heterocycles. The highest BCUT2D eigenvalue weighted by Gasteiger charge is 2.47. The lowest BCUT2D eigenvalue weighted by molar-refractivity contribution is -0.151. The van der Waals surface area contributed by atoms with Crippen LogP contribution < -0.4 is 5.73 Å². The van der Waals surface area contributed by atoms with E-state index in [0.29, 0.717) is 6.54 Å². The molecule has 1 aromatic heterocycles. The molecule has 4 atom stereocenters. The average Bonchev–Trinajstić information content (AvgIpc) is 3.09. The number of hydrogen-bond acceptors (Lipinski definition) is 5. The fourth-order valence-corrected chi connectivity index (χ4v) is 6.41. The maximum Gasteiger partial charge on any atom is 0.310 e. The maximum absolute atomic E-state index is 13.0. The zero-order valence-corrected chi connectivity index (χ0v) is 18.3. The molecule has 2 aromatic rings. The van der Waals surface area contributed by atoms with Crippen molar-refractivity contribution in [1.29, 1.82) is 0 Å². The number of rotatable bonds is 4. The van der Waals surface area contributed by atoms with Gasteiger partial charge in [0.15, 0.2) is 0 Å². The molecule has 0 amide bonds. The number of likely N-dealkylation sites (tertiary alicyclic amines) is 1. The number of aromatic nitrogens is 1. The summed E-state index contributed by atoms with van der Waals surface area (Å²) >= 11 is 1.91. The second-order valence-electron chi connectivity index (χ2n) is 8.15. The van der Waals surface area contributed by atoms with Crippen molar-refractivity contribution in [2.45, 2.75) is 31.1 Å². The quantitative estimate of drug-likeness (QED) is 0.593. The van der Waals surface area contributed by atoms with Crippen LogP contribution in [-0.4, -0.2) is 54.9 Å². The fraction of sp³-hybridized carbons (Fsp3) is 0.522. The molecular weight excluding hydrogens is 382 g/mol. The summed E-state index contributed by atoms with van der Waals surface area (Å²) in [6.07, 6.45) is 3.97. The van der Waals surface area contributed by atoms with Gasteiger partial charge in [-0.25, -0.2) is 0 Å². The number of benzene rings is 1. The number of methoxy groups -OCH3 is 1. The number of nitrogens with one attached hydrogen (secondary N) is 1. The van der Waals surface area contributed by atoms with Crippen molar-refractivity contribution in [2.75, 3.05) is 33.0 Å². The van der Waals surface area contributed by atoms with E-state index in [9.17, 15) is 4.79 Å². The van der Waals surface area contributed by atoms with E-state index in [1.165, 1.54) is 34.8 Å². The van der Waals surface area contributed by atoms with Crippen LogP contribution in [0.2, 0.25) is 0 Å². The normalized spacial score (nSPS) is 28.8. The summed E-state index contributed by atoms with van der Waals surface area (Å²) in [4.78, 5) is 19.0. The zero-order chi connectivity index (χ0) is 20.5. The van der Waals surface area contributed by atoms with Gasteiger partial charge in [0.25, 0.3) is 0 Å². The number of nitrogens with two attached hydrogens (primary N) is 1. The topological polar surface area (TPSA) is 71.3 Å². The molecule has 2 bridgehead atoms. The second-order valence-corrected chi connectivity index (χ2v) is 9.46. The van der Waals surface area contributed by atoms with Gasteiger partial charge in [-0.3, -0.25) is 9.69 Å². The first-order valence-corrected chi connectivity index (χ1v) is 11.5. The summed E-state index contributed by atoms with van der Waals surface area (Å²) in [5.41, 5.74) is 11.0. The third-order valence-electron chi connectivity index (χ3n) is 6.65. The standard InChI is InChI=1S/C23H31N3O2S/c1-4-14-13-26(2)19-11-17-15-7-5-6-8-18(15)25-22(17)20(29-10-9-24)12-16(14)21(19)23(27)28-3/h4-8,16,19-21,25H,9-13,24H2,1-3H3. The lowest BCUT2D eigenvalue weighted by Crippen LogP contribution is -2.53. The summed E-state index contributed by atoms with van der Waals surface area (Å²) in [6, 6.07) is 8.65. The summed E-state index contributed by atoms with van der Waals surface area (Å²) in [6.45, 7) is 3.65. The first kappa shape index (κ1) is 20.5. The number of thioether (sulfide) groups is 1. The second kappa shape index (κ2) is 8.54. The lowest BCUT2D eigenvalue weighted by Gasteiger charge is -2.46. The van der Waals surface area contributed by atoms with Gasteiger partial charge in [-0.05, 0) is 44.4 Å². The Morgan fingerprint density at radius 2 is 2.21 bits per heavy atom. The van der Waals surface area contributed by atoms with Gasteiger partial charge in [-0.1, -0.05) is 29.8 Å². The summed E-state index contributed by atoms with van der Waals surface area (Å²) in [5, 5.41) is 1.56. The predicted octanol–water partition coefficient (Wildman–Crippen LogP) is 3.51. The minimum Gasteiger partial charge on any atom is -0.469 e. The molecule has 1 saturated heterocycles. The Bertz CT molecular complexity index is 922. The van der Waals surface area contributed by atoms with Gasteiger partial charge in [-0.15, -0.1) is 0 Å². The zero-order valence-electron chi connectivity index (χ0n) is 17.5. The molecule has 5 nitrogen and oxygen atoms in total. The molecule has 6 heteroatoms. The third-order valence-corrected chi connectivity index (χ3v) is 7.96. The van der Waals surface area contributed by atoms with Crippen LogP contribution in [0.4, 0.5) is 0 Å². The van der Waals surface area contributed by atoms with Gasteiger partial charge in [0.1, 0.15) is 0 Å². The number of fused-ring (bicyclic) bond motifs is 5. The number of H-pyrrole nitrogens is 1. The minimum absolute atomic E-state index is 0.0863. The van der Waals surface area contributed by atoms with E-state index in [1.807, 2.05) is 11.8 Å². The smallest absolute Gasteiger partial charge is 0.310 e. The van der Waals surface area contributed by atoms with Crippen molar-refractivity contribution >= 4 is 28.6 Å². The number of carbonyl (C=O) groups is 1. The van der Waals surface area contributed by atoms with Crippen molar-refractivity contribution in [3.63, 3.8) is 0 Å². The highest BCUT2D eigenvalue weighted by molar-refractivity contribution is 7.99. The van der Waals surface area contributed by atoms with Gasteiger partial charge in [-0.2, -0.15) is 11.8 Å². The third kappa shape index (κ3) is 3.62. The van der Waals surface area contributed by atoms with Crippen LogP contribution in [0, 0.1) is 11.8 Å². The molecule has 3 N–H and O–H groups in total. The van der Waals surface area contributed by atoms with Crippen LogP contribution in [0.5, 0.6) is 0 Å². The van der Waals surface area contributed by atoms with Crippen molar-refractivity contribution in [1.82, 2.24) is 9.88 Å². The highest BCUT2D eigenvalue weighted by Crippen LogP contribution is 2.48. The Hall–Kier alpha value is -1.76. The van der Waals surface area contributed by atoms with Crippen LogP contribution in [0.15, 0.2) is 35.9 Å². The van der Waals surface area contributed by atoms with Gasteiger partial charge < -0.3 is 15.5 Å². The number of carbonyl (C=O) groups excluding carboxylic acids is 1. The molecule has 1 aromatic carbocycles. The Labute approximate surface area is 177 Å². The van der Waals surface area contributed by atoms with Crippen molar-refractivity contribution in [2.24, 2.45) is 17.6 Å². The van der Waals surface area contributed by atoms with E-state index in [4.69, 9.17) is 10.5 Å². The Morgan fingerprint density at radius 1 is 1.41 bits per heavy atom. The molecule has 1 aliphatic carbocycles. The molecule has 0 spiro atoms. The fourth-order valence-electron chi connectivity index (χ4n) is 5.27. The first-order chi connectivity index (χ1) is 14.1. The molecule has 4 rings (SSSR count). The van der Waals surface area contributed by atoms with E-state index in [2.05, 4.69) is 54.2 Å². The van der Waals surface area contributed by atoms with Crippen LogP contribution in [0.1, 0.15) is 29.9 Å². The van der Waals surface area contributed by atoms with E-state index in [0.717, 1.165) is 25.1 Å². The summed E-state index contributed by atoms with van der Waals surface area (Å²) in [7, 11) is 3.65. The molecule has 0 radical (unpaired) electrons. The van der Waals surface area contributed by atoms with Gasteiger partial charge in [0.2, 0.25) is 0 Å². The van der Waals surface area contributed by atoms with E-state index >= 15 is 0 Å². The van der Waals surface area contributed by atoms with Crippen LogP contribution in [-0.2, 0) is 16.0 Å². The maximum atomic E-state index is 13.0. The number of para-hydroxylation sites is 1. The molecule has 1 fully saturated rings. The number of nitrogens with zero attached hydrogens (tertiary/aromatic N) is 1. The number of aromatic amines is 1. The lowest BCUT2D eigenvalue weighted by atomic mass is 9.70. The van der Waals surface area contributed by atoms with E-state index in [-0.39, 0.29) is 29.1 Å². The van der Waals surface area contributed by atoms with Gasteiger partial charge in [0, 0.05) is 46.7 Å². The molecule has 2 aliphatic rings. The molecule has 29 heavy (non-hydrogen) atoms. The number of likely N-dealkylation sites (N-methyl/N-ethyl adjacent to an activating group) is 1. The monoisotopic (exact) mass is 413 g/mol. The average molecular weight is 414 g/mol. The summed E-state index contributed by atoms with van der Waals surface area (Å²) in [5.74, 6) is 0.872. The van der Waals surface area contributed by atoms with Gasteiger partial charge in [0.05, 0.1) is 13.0 Å². The predicted molar refractivity (Wildman–Crippen MR) is 120 cm³/mol. The number of esters is 1.